The second-order valence-electron chi connectivity index (χ2n) is 6.30. The highest BCUT2D eigenvalue weighted by molar-refractivity contribution is 5.70. The van der Waals surface area contributed by atoms with Crippen LogP contribution in [0.25, 0.3) is 34.2 Å². The fourth-order valence-corrected chi connectivity index (χ4v) is 3.21. The van der Waals surface area contributed by atoms with Crippen molar-refractivity contribution in [3.8, 4) is 39.9 Å². The van der Waals surface area contributed by atoms with Gasteiger partial charge in [-0.2, -0.15) is 0 Å². The van der Waals surface area contributed by atoms with Crippen LogP contribution in [0.2, 0.25) is 0 Å². The number of aryl methyl sites for hydroxylation is 1. The molecule has 0 spiro atoms. The molecule has 5 rings (SSSR count). The molecule has 1 aromatic carbocycles. The van der Waals surface area contributed by atoms with E-state index < -0.39 is 0 Å². The maximum atomic E-state index is 5.86. The quantitative estimate of drug-likeness (QED) is 0.566. The third-order valence-electron chi connectivity index (χ3n) is 4.60. The van der Waals surface area contributed by atoms with Gasteiger partial charge >= 0.3 is 0 Å². The number of fused-ring (bicyclic) bond motifs is 1. The summed E-state index contributed by atoms with van der Waals surface area (Å²) >= 11 is 0. The Morgan fingerprint density at radius 3 is 2.73 bits per heavy atom. The Labute approximate surface area is 150 Å². The first kappa shape index (κ1) is 14.9. The summed E-state index contributed by atoms with van der Waals surface area (Å²) in [4.78, 5) is 4.36. The van der Waals surface area contributed by atoms with E-state index in [4.69, 9.17) is 9.15 Å². The molecule has 1 aliphatic rings. The highest BCUT2D eigenvalue weighted by Gasteiger charge is 2.15. The highest BCUT2D eigenvalue weighted by Crippen LogP contribution is 2.32. The third-order valence-corrected chi connectivity index (χ3v) is 4.60. The summed E-state index contributed by atoms with van der Waals surface area (Å²) in [5.41, 5.74) is 5.02. The van der Waals surface area contributed by atoms with Crippen molar-refractivity contribution in [2.45, 2.75) is 6.42 Å². The van der Waals surface area contributed by atoms with Crippen LogP contribution in [-0.4, -0.2) is 26.4 Å². The number of pyridine rings is 1. The molecule has 4 heterocycles. The summed E-state index contributed by atoms with van der Waals surface area (Å²) in [6.07, 6.45) is 6.47. The first-order chi connectivity index (χ1) is 12.8. The Bertz CT molecular complexity index is 1100. The molecule has 1 aliphatic heterocycles. The van der Waals surface area contributed by atoms with E-state index in [1.807, 2.05) is 54.3 Å². The lowest BCUT2D eigenvalue weighted by Gasteiger charge is -2.05. The van der Waals surface area contributed by atoms with Crippen molar-refractivity contribution in [2.24, 2.45) is 7.05 Å². The van der Waals surface area contributed by atoms with Gasteiger partial charge in [0, 0.05) is 37.6 Å². The summed E-state index contributed by atoms with van der Waals surface area (Å²) in [5.74, 6) is 1.93. The topological polar surface area (TPSA) is 66.0 Å². The molecule has 0 fully saturated rings. The smallest absolute Gasteiger partial charge is 0.264 e. The number of rotatable bonds is 3. The van der Waals surface area contributed by atoms with Crippen molar-refractivity contribution >= 4 is 0 Å². The molecule has 0 atom stereocenters. The molecule has 26 heavy (non-hydrogen) atoms. The van der Waals surface area contributed by atoms with E-state index in [9.17, 15) is 0 Å². The van der Waals surface area contributed by atoms with Crippen LogP contribution in [0.4, 0.5) is 0 Å². The molecule has 0 saturated heterocycles. The van der Waals surface area contributed by atoms with Crippen LogP contribution < -0.4 is 4.74 Å². The Morgan fingerprint density at radius 2 is 1.85 bits per heavy atom. The fourth-order valence-electron chi connectivity index (χ4n) is 3.21. The van der Waals surface area contributed by atoms with Crippen LogP contribution in [0.1, 0.15) is 5.56 Å². The summed E-state index contributed by atoms with van der Waals surface area (Å²) < 4.78 is 13.4. The summed E-state index contributed by atoms with van der Waals surface area (Å²) in [7, 11) is 1.94. The number of nitrogens with zero attached hydrogens (tertiary/aromatic N) is 4. The molecule has 0 saturated carbocycles. The minimum atomic E-state index is 0.458. The standard InChI is InChI=1S/C20H16N4O2/c1-24-7-2-3-17(24)20-23-22-19(26-20)16-10-15(11-21-12-16)13-4-5-18-14(9-13)6-8-25-18/h2-5,7,9-12H,6,8H2,1H3. The molecule has 0 N–H and O–H groups in total. The number of hydrogen-bond donors (Lipinski definition) is 0. The number of aromatic nitrogens is 4. The molecule has 4 aromatic rings. The predicted octanol–water partition coefficient (Wildman–Crippen LogP) is 3.74. The molecular formula is C20H16N4O2. The minimum absolute atomic E-state index is 0.458. The molecular weight excluding hydrogens is 328 g/mol. The Balaban J connectivity index is 1.51. The van der Waals surface area contributed by atoms with Gasteiger partial charge in [-0.05, 0) is 41.5 Å². The van der Waals surface area contributed by atoms with Crippen molar-refractivity contribution < 1.29 is 9.15 Å². The molecule has 0 unspecified atom stereocenters. The highest BCUT2D eigenvalue weighted by atomic mass is 16.5. The van der Waals surface area contributed by atoms with Gasteiger partial charge in [0.2, 0.25) is 5.89 Å². The van der Waals surface area contributed by atoms with E-state index in [2.05, 4.69) is 21.2 Å². The van der Waals surface area contributed by atoms with E-state index in [0.29, 0.717) is 11.8 Å². The summed E-state index contributed by atoms with van der Waals surface area (Å²) in [5, 5.41) is 8.35. The minimum Gasteiger partial charge on any atom is -0.493 e. The molecule has 128 valence electrons. The molecule has 0 aliphatic carbocycles. The summed E-state index contributed by atoms with van der Waals surface area (Å²) in [6.45, 7) is 0.751. The van der Waals surface area contributed by atoms with Crippen molar-refractivity contribution in [1.82, 2.24) is 19.7 Å². The largest absolute Gasteiger partial charge is 0.493 e. The van der Waals surface area contributed by atoms with E-state index in [-0.39, 0.29) is 0 Å². The van der Waals surface area contributed by atoms with Gasteiger partial charge in [-0.25, -0.2) is 0 Å². The van der Waals surface area contributed by atoms with Crippen molar-refractivity contribution in [3.05, 3.63) is 60.6 Å². The SMILES string of the molecule is Cn1cccc1-c1nnc(-c2cncc(-c3ccc4c(c3)CCO4)c2)o1. The van der Waals surface area contributed by atoms with Crippen molar-refractivity contribution in [2.75, 3.05) is 6.61 Å². The Morgan fingerprint density at radius 1 is 0.962 bits per heavy atom. The van der Waals surface area contributed by atoms with Crippen molar-refractivity contribution in [1.29, 1.82) is 0 Å². The second-order valence-corrected chi connectivity index (χ2v) is 6.30. The zero-order valence-electron chi connectivity index (χ0n) is 14.2. The summed E-state index contributed by atoms with van der Waals surface area (Å²) in [6, 6.07) is 12.1. The van der Waals surface area contributed by atoms with Crippen LogP contribution in [0.5, 0.6) is 5.75 Å². The van der Waals surface area contributed by atoms with Gasteiger partial charge in [-0.15, -0.1) is 10.2 Å². The monoisotopic (exact) mass is 344 g/mol. The van der Waals surface area contributed by atoms with E-state index in [0.717, 1.165) is 41.2 Å². The molecule has 6 nitrogen and oxygen atoms in total. The van der Waals surface area contributed by atoms with Gasteiger partial charge in [-0.3, -0.25) is 4.98 Å². The van der Waals surface area contributed by atoms with E-state index in [1.165, 1.54) is 5.56 Å². The lowest BCUT2D eigenvalue weighted by molar-refractivity contribution is 0.357. The molecule has 0 amide bonds. The maximum absolute atomic E-state index is 5.86. The van der Waals surface area contributed by atoms with E-state index in [1.54, 1.807) is 6.20 Å². The van der Waals surface area contributed by atoms with Gasteiger partial charge in [0.1, 0.15) is 11.4 Å². The normalized spacial score (nSPS) is 12.8. The van der Waals surface area contributed by atoms with Gasteiger partial charge < -0.3 is 13.7 Å². The average Bonchev–Trinajstić information content (AvgIpc) is 3.41. The van der Waals surface area contributed by atoms with Gasteiger partial charge in [0.15, 0.2) is 0 Å². The average molecular weight is 344 g/mol. The lowest BCUT2D eigenvalue weighted by Crippen LogP contribution is -1.88. The Kier molecular flexibility index (Phi) is 3.35. The van der Waals surface area contributed by atoms with E-state index >= 15 is 0 Å². The fraction of sp³-hybridized carbons (Fsp3) is 0.150. The van der Waals surface area contributed by atoms with Crippen molar-refractivity contribution in [3.63, 3.8) is 0 Å². The number of ether oxygens (including phenoxy) is 1. The van der Waals surface area contributed by atoms with Gasteiger partial charge in [0.25, 0.3) is 5.89 Å². The van der Waals surface area contributed by atoms with Crippen LogP contribution in [0, 0.1) is 0 Å². The first-order valence-corrected chi connectivity index (χ1v) is 8.45. The first-order valence-electron chi connectivity index (χ1n) is 8.45. The third kappa shape index (κ3) is 2.47. The predicted molar refractivity (Wildman–Crippen MR) is 96.6 cm³/mol. The maximum Gasteiger partial charge on any atom is 0.264 e. The van der Waals surface area contributed by atoms with Gasteiger partial charge in [-0.1, -0.05) is 6.07 Å². The number of hydrogen-bond acceptors (Lipinski definition) is 5. The van der Waals surface area contributed by atoms with Crippen LogP contribution in [0.15, 0.2) is 59.4 Å². The Hall–Kier alpha value is -3.41. The molecule has 0 bridgehead atoms. The molecule has 0 radical (unpaired) electrons. The lowest BCUT2D eigenvalue weighted by atomic mass is 10.0. The van der Waals surface area contributed by atoms with Crippen LogP contribution >= 0.6 is 0 Å². The van der Waals surface area contributed by atoms with Crippen LogP contribution in [0.3, 0.4) is 0 Å². The number of benzene rings is 1. The molecule has 3 aromatic heterocycles. The zero-order valence-corrected chi connectivity index (χ0v) is 14.2. The molecule has 6 heteroatoms. The van der Waals surface area contributed by atoms with Crippen LogP contribution in [-0.2, 0) is 13.5 Å². The zero-order chi connectivity index (χ0) is 17.5. The second kappa shape index (κ2) is 5.84. The van der Waals surface area contributed by atoms with Gasteiger partial charge in [0.05, 0.1) is 12.2 Å².